The van der Waals surface area contributed by atoms with Crippen molar-refractivity contribution in [3.63, 3.8) is 0 Å². The molecule has 3 rings (SSSR count). The van der Waals surface area contributed by atoms with Crippen LogP contribution in [0.4, 0.5) is 0 Å². The van der Waals surface area contributed by atoms with Crippen molar-refractivity contribution >= 4 is 11.6 Å². The van der Waals surface area contributed by atoms with Crippen molar-refractivity contribution in [1.29, 1.82) is 0 Å². The van der Waals surface area contributed by atoms with E-state index >= 15 is 0 Å². The lowest BCUT2D eigenvalue weighted by molar-refractivity contribution is -0.119. The van der Waals surface area contributed by atoms with Crippen LogP contribution in [-0.4, -0.2) is 11.6 Å². The molecule has 0 spiro atoms. The SMILES string of the molecule is O=C1C(=O)C2CCCCCC2c2ccccc21. The average Bonchev–Trinajstić information content (AvgIpc) is 2.62. The molecule has 0 heterocycles. The molecule has 0 N–H and O–H groups in total. The highest BCUT2D eigenvalue weighted by atomic mass is 16.2. The highest BCUT2D eigenvalue weighted by molar-refractivity contribution is 6.45. The summed E-state index contributed by atoms with van der Waals surface area (Å²) in [6.07, 6.45) is 5.40. The molecule has 2 atom stereocenters. The minimum absolute atomic E-state index is 0.0418. The predicted octanol–water partition coefficient (Wildman–Crippen LogP) is 3.12. The number of benzene rings is 1. The normalized spacial score (nSPS) is 28.2. The highest BCUT2D eigenvalue weighted by Gasteiger charge is 2.40. The Hall–Kier alpha value is -1.44. The average molecular weight is 228 g/mol. The molecular weight excluding hydrogens is 212 g/mol. The van der Waals surface area contributed by atoms with Crippen LogP contribution in [-0.2, 0) is 4.79 Å². The molecule has 17 heavy (non-hydrogen) atoms. The van der Waals surface area contributed by atoms with Crippen LogP contribution in [0.1, 0.15) is 53.9 Å². The lowest BCUT2D eigenvalue weighted by atomic mass is 9.71. The first-order valence-electron chi connectivity index (χ1n) is 6.46. The quantitative estimate of drug-likeness (QED) is 0.639. The number of hydrogen-bond acceptors (Lipinski definition) is 2. The fourth-order valence-corrected chi connectivity index (χ4v) is 3.32. The molecule has 2 aliphatic carbocycles. The summed E-state index contributed by atoms with van der Waals surface area (Å²) in [5.74, 6) is -0.154. The van der Waals surface area contributed by atoms with Crippen LogP contribution >= 0.6 is 0 Å². The molecule has 1 fully saturated rings. The van der Waals surface area contributed by atoms with E-state index in [0.29, 0.717) is 11.5 Å². The second-order valence-corrected chi connectivity index (χ2v) is 5.13. The summed E-state index contributed by atoms with van der Waals surface area (Å²) in [5, 5.41) is 0. The van der Waals surface area contributed by atoms with Crippen LogP contribution in [0.3, 0.4) is 0 Å². The van der Waals surface area contributed by atoms with Crippen LogP contribution in [0.2, 0.25) is 0 Å². The summed E-state index contributed by atoms with van der Waals surface area (Å²) in [6.45, 7) is 0. The summed E-state index contributed by atoms with van der Waals surface area (Å²) in [5.41, 5.74) is 1.77. The zero-order valence-corrected chi connectivity index (χ0v) is 9.82. The number of ketones is 2. The Morgan fingerprint density at radius 3 is 2.41 bits per heavy atom. The molecule has 0 radical (unpaired) electrons. The highest BCUT2D eigenvalue weighted by Crippen LogP contribution is 2.42. The van der Waals surface area contributed by atoms with E-state index in [9.17, 15) is 9.59 Å². The van der Waals surface area contributed by atoms with Crippen LogP contribution in [0.25, 0.3) is 0 Å². The van der Waals surface area contributed by atoms with Gasteiger partial charge in [-0.05, 0) is 24.3 Å². The fraction of sp³-hybridized carbons (Fsp3) is 0.467. The molecule has 2 heteroatoms. The molecule has 2 unspecified atom stereocenters. The Bertz CT molecular complexity index is 476. The Kier molecular flexibility index (Phi) is 2.58. The van der Waals surface area contributed by atoms with Crippen molar-refractivity contribution in [3.8, 4) is 0 Å². The molecule has 1 aromatic carbocycles. The van der Waals surface area contributed by atoms with Gasteiger partial charge in [-0.1, -0.05) is 43.5 Å². The van der Waals surface area contributed by atoms with Crippen molar-refractivity contribution in [2.75, 3.05) is 0 Å². The van der Waals surface area contributed by atoms with Crippen molar-refractivity contribution < 1.29 is 9.59 Å². The van der Waals surface area contributed by atoms with Crippen LogP contribution < -0.4 is 0 Å². The van der Waals surface area contributed by atoms with Crippen LogP contribution in [0.5, 0.6) is 0 Å². The monoisotopic (exact) mass is 228 g/mol. The van der Waals surface area contributed by atoms with Gasteiger partial charge in [-0.2, -0.15) is 0 Å². The molecule has 2 aliphatic rings. The number of carbonyl (C=O) groups excluding carboxylic acids is 2. The molecule has 0 bridgehead atoms. The molecule has 0 aromatic heterocycles. The van der Waals surface area contributed by atoms with E-state index in [2.05, 4.69) is 0 Å². The first-order chi connectivity index (χ1) is 8.29. The number of rotatable bonds is 0. The third-order valence-electron chi connectivity index (χ3n) is 4.18. The Morgan fingerprint density at radius 2 is 1.59 bits per heavy atom. The van der Waals surface area contributed by atoms with Gasteiger partial charge in [-0.15, -0.1) is 0 Å². The standard InChI is InChI=1S/C15H16O2/c16-14-12-8-3-1-2-6-10(12)11-7-4-5-9-13(11)15(14)17/h4-5,7,9-10,12H,1-3,6,8H2. The molecule has 1 aromatic rings. The lowest BCUT2D eigenvalue weighted by Crippen LogP contribution is -2.34. The van der Waals surface area contributed by atoms with E-state index in [1.165, 1.54) is 12.8 Å². The van der Waals surface area contributed by atoms with E-state index in [1.807, 2.05) is 18.2 Å². The third kappa shape index (κ3) is 1.63. The van der Waals surface area contributed by atoms with Crippen molar-refractivity contribution in [2.24, 2.45) is 5.92 Å². The smallest absolute Gasteiger partial charge is 0.229 e. The van der Waals surface area contributed by atoms with Gasteiger partial charge in [0.1, 0.15) is 0 Å². The van der Waals surface area contributed by atoms with Crippen LogP contribution in [0, 0.1) is 5.92 Å². The van der Waals surface area contributed by atoms with E-state index < -0.39 is 0 Å². The number of fused-ring (bicyclic) bond motifs is 3. The summed E-state index contributed by atoms with van der Waals surface area (Å²) in [4.78, 5) is 24.2. The van der Waals surface area contributed by atoms with E-state index in [4.69, 9.17) is 0 Å². The maximum atomic E-state index is 12.1. The molecule has 0 amide bonds. The van der Waals surface area contributed by atoms with Gasteiger partial charge in [0.05, 0.1) is 0 Å². The maximum absolute atomic E-state index is 12.1. The second kappa shape index (κ2) is 4.10. The second-order valence-electron chi connectivity index (χ2n) is 5.13. The van der Waals surface area contributed by atoms with Gasteiger partial charge in [-0.25, -0.2) is 0 Å². The van der Waals surface area contributed by atoms with E-state index in [-0.39, 0.29) is 17.5 Å². The summed E-state index contributed by atoms with van der Waals surface area (Å²) >= 11 is 0. The largest absolute Gasteiger partial charge is 0.290 e. The Morgan fingerprint density at radius 1 is 0.882 bits per heavy atom. The van der Waals surface area contributed by atoms with Crippen LogP contribution in [0.15, 0.2) is 24.3 Å². The third-order valence-corrected chi connectivity index (χ3v) is 4.18. The van der Waals surface area contributed by atoms with E-state index in [1.54, 1.807) is 6.07 Å². The minimum atomic E-state index is -0.260. The molecule has 1 saturated carbocycles. The summed E-state index contributed by atoms with van der Waals surface area (Å²) in [7, 11) is 0. The van der Waals surface area contributed by atoms with Gasteiger partial charge in [0, 0.05) is 11.5 Å². The zero-order chi connectivity index (χ0) is 11.8. The Balaban J connectivity index is 2.12. The van der Waals surface area contributed by atoms with Gasteiger partial charge in [0.2, 0.25) is 11.6 Å². The topological polar surface area (TPSA) is 34.1 Å². The summed E-state index contributed by atoms with van der Waals surface area (Å²) < 4.78 is 0. The van der Waals surface area contributed by atoms with Gasteiger partial charge in [0.25, 0.3) is 0 Å². The van der Waals surface area contributed by atoms with Crippen molar-refractivity contribution in [1.82, 2.24) is 0 Å². The molecular formula is C15H16O2. The first-order valence-corrected chi connectivity index (χ1v) is 6.46. The molecule has 88 valence electrons. The molecule has 2 nitrogen and oxygen atoms in total. The number of carbonyl (C=O) groups is 2. The zero-order valence-electron chi connectivity index (χ0n) is 9.82. The number of hydrogen-bond donors (Lipinski definition) is 0. The Labute approximate surface area is 101 Å². The summed E-state index contributed by atoms with van der Waals surface area (Å²) in [6, 6.07) is 7.66. The van der Waals surface area contributed by atoms with Crippen molar-refractivity contribution in [2.45, 2.75) is 38.0 Å². The van der Waals surface area contributed by atoms with Gasteiger partial charge < -0.3 is 0 Å². The number of Topliss-reactive ketones (excluding diaryl/α,β-unsaturated/α-hetero) is 2. The fourth-order valence-electron chi connectivity index (χ4n) is 3.32. The van der Waals surface area contributed by atoms with Gasteiger partial charge >= 0.3 is 0 Å². The lowest BCUT2D eigenvalue weighted by Gasteiger charge is -2.30. The van der Waals surface area contributed by atoms with E-state index in [0.717, 1.165) is 24.8 Å². The predicted molar refractivity (Wildman–Crippen MR) is 65.1 cm³/mol. The molecule has 0 saturated heterocycles. The maximum Gasteiger partial charge on any atom is 0.229 e. The minimum Gasteiger partial charge on any atom is -0.290 e. The van der Waals surface area contributed by atoms with Crippen molar-refractivity contribution in [3.05, 3.63) is 35.4 Å². The van der Waals surface area contributed by atoms with Gasteiger partial charge in [0.15, 0.2) is 0 Å². The van der Waals surface area contributed by atoms with Gasteiger partial charge in [-0.3, -0.25) is 9.59 Å². The molecule has 0 aliphatic heterocycles. The first kappa shape index (κ1) is 10.7.